The number of nitriles is 1. The zero-order valence-corrected chi connectivity index (χ0v) is 19.8. The van der Waals surface area contributed by atoms with E-state index < -0.39 is 5.60 Å². The summed E-state index contributed by atoms with van der Waals surface area (Å²) in [5, 5.41) is 23.0. The molecule has 0 radical (unpaired) electrons. The van der Waals surface area contributed by atoms with Gasteiger partial charge >= 0.3 is 0 Å². The van der Waals surface area contributed by atoms with Gasteiger partial charge in [0, 0.05) is 38.4 Å². The van der Waals surface area contributed by atoms with Gasteiger partial charge in [0.2, 0.25) is 5.91 Å². The van der Waals surface area contributed by atoms with Gasteiger partial charge in [0.25, 0.3) is 0 Å². The van der Waals surface area contributed by atoms with E-state index in [1.807, 2.05) is 32.2 Å². The van der Waals surface area contributed by atoms with Gasteiger partial charge < -0.3 is 19.3 Å². The topological polar surface area (TPSA) is 104 Å². The first-order valence-corrected chi connectivity index (χ1v) is 11.8. The van der Waals surface area contributed by atoms with Crippen LogP contribution in [0, 0.1) is 23.2 Å². The molecule has 1 saturated carbocycles. The van der Waals surface area contributed by atoms with Crippen molar-refractivity contribution in [2.45, 2.75) is 38.7 Å². The second-order valence-electron chi connectivity index (χ2n) is 9.49. The fraction of sp³-hybridized carbons (Fsp3) is 0.462. The normalized spacial score (nSPS) is 17.8. The Morgan fingerprint density at radius 2 is 2.12 bits per heavy atom. The number of nitrogens with zero attached hydrogens (tertiary/aromatic N) is 5. The fourth-order valence-electron chi connectivity index (χ4n) is 4.84. The maximum atomic E-state index is 12.2. The molecule has 1 saturated heterocycles. The van der Waals surface area contributed by atoms with Crippen molar-refractivity contribution in [3.8, 4) is 11.8 Å². The molecule has 0 spiro atoms. The van der Waals surface area contributed by atoms with E-state index in [1.54, 1.807) is 22.0 Å². The monoisotopic (exact) mass is 459 g/mol. The maximum Gasteiger partial charge on any atom is 0.219 e. The molecule has 2 aliphatic rings. The molecule has 176 valence electrons. The summed E-state index contributed by atoms with van der Waals surface area (Å²) in [6.07, 6.45) is 6.29. The fourth-order valence-corrected chi connectivity index (χ4v) is 4.84. The quantitative estimate of drug-likeness (QED) is 0.583. The molecular formula is C26H29N5O3. The third-order valence-electron chi connectivity index (χ3n) is 7.18. The highest BCUT2D eigenvalue weighted by Crippen LogP contribution is 2.43. The Balaban J connectivity index is 1.64. The average Bonchev–Trinajstić information content (AvgIpc) is 3.52. The minimum absolute atomic E-state index is 0.0115. The molecule has 1 aliphatic carbocycles. The second kappa shape index (κ2) is 8.41. The number of carbonyl (C=O) groups excluding carboxylic acids is 1. The van der Waals surface area contributed by atoms with Crippen molar-refractivity contribution in [2.75, 3.05) is 19.7 Å². The van der Waals surface area contributed by atoms with Gasteiger partial charge in [0.05, 0.1) is 36.0 Å². The SMILES string of the molecule is CCc1nc2ccc(C(O)(c3cncn3C)C3CN(C(C)=O)C3)cc2c(C#N)c1OCC1CC1. The van der Waals surface area contributed by atoms with Crippen molar-refractivity contribution in [2.24, 2.45) is 18.9 Å². The van der Waals surface area contributed by atoms with Crippen molar-refractivity contribution in [3.05, 3.63) is 53.2 Å². The van der Waals surface area contributed by atoms with E-state index in [4.69, 9.17) is 9.72 Å². The minimum Gasteiger partial charge on any atom is -0.490 e. The molecule has 1 atom stereocenters. The number of fused-ring (bicyclic) bond motifs is 1. The second-order valence-corrected chi connectivity index (χ2v) is 9.49. The summed E-state index contributed by atoms with van der Waals surface area (Å²) < 4.78 is 7.91. The van der Waals surface area contributed by atoms with Gasteiger partial charge in [0.1, 0.15) is 17.2 Å². The summed E-state index contributed by atoms with van der Waals surface area (Å²) in [5.41, 5.74) is 1.83. The molecular weight excluding hydrogens is 430 g/mol. The standard InChI is InChI=1S/C26H29N5O3/c1-4-22-25(34-14-17-5-6-17)21(10-27)20-9-18(7-8-23(20)29-22)26(33,24-11-28-15-30(24)3)19-12-31(13-19)16(2)32/h7-9,11,15,17,19,33H,4-6,12-14H2,1-3H3. The van der Waals surface area contributed by atoms with Crippen LogP contribution in [0.5, 0.6) is 5.75 Å². The van der Waals surface area contributed by atoms with E-state index in [0.29, 0.717) is 65.5 Å². The molecule has 5 rings (SSSR count). The molecule has 0 bridgehead atoms. The lowest BCUT2D eigenvalue weighted by molar-refractivity contribution is -0.142. The van der Waals surface area contributed by atoms with Crippen molar-refractivity contribution < 1.29 is 14.6 Å². The molecule has 2 fully saturated rings. The number of pyridine rings is 1. The number of ether oxygens (including phenoxy) is 1. The Morgan fingerprint density at radius 3 is 2.71 bits per heavy atom. The van der Waals surface area contributed by atoms with Crippen LogP contribution < -0.4 is 4.74 Å². The largest absolute Gasteiger partial charge is 0.490 e. The van der Waals surface area contributed by atoms with Gasteiger partial charge in [-0.2, -0.15) is 5.26 Å². The van der Waals surface area contributed by atoms with E-state index in [9.17, 15) is 15.2 Å². The van der Waals surface area contributed by atoms with Crippen LogP contribution in [0.25, 0.3) is 10.9 Å². The van der Waals surface area contributed by atoms with Gasteiger partial charge in [-0.1, -0.05) is 13.0 Å². The molecule has 8 heteroatoms. The van der Waals surface area contributed by atoms with Gasteiger partial charge in [-0.25, -0.2) is 9.97 Å². The third kappa shape index (κ3) is 3.61. The van der Waals surface area contributed by atoms with E-state index in [2.05, 4.69) is 11.1 Å². The molecule has 3 aromatic rings. The number of benzene rings is 1. The molecule has 1 unspecified atom stereocenters. The van der Waals surface area contributed by atoms with Gasteiger partial charge in [-0.05, 0) is 42.9 Å². The van der Waals surface area contributed by atoms with E-state index in [0.717, 1.165) is 18.5 Å². The summed E-state index contributed by atoms with van der Waals surface area (Å²) in [6, 6.07) is 7.92. The minimum atomic E-state index is -1.38. The number of hydrogen-bond donors (Lipinski definition) is 1. The number of aromatic nitrogens is 3. The average molecular weight is 460 g/mol. The predicted molar refractivity (Wildman–Crippen MR) is 126 cm³/mol. The molecule has 3 heterocycles. The van der Waals surface area contributed by atoms with Crippen LogP contribution in [0.2, 0.25) is 0 Å². The van der Waals surface area contributed by atoms with Crippen LogP contribution in [0.1, 0.15) is 49.2 Å². The summed E-state index contributed by atoms with van der Waals surface area (Å²) in [6.45, 7) is 5.03. The number of rotatable bonds is 7. The van der Waals surface area contributed by atoms with Crippen LogP contribution in [-0.4, -0.2) is 50.1 Å². The Hall–Kier alpha value is -3.44. The van der Waals surface area contributed by atoms with Crippen molar-refractivity contribution >= 4 is 16.8 Å². The molecule has 34 heavy (non-hydrogen) atoms. The zero-order valence-electron chi connectivity index (χ0n) is 19.8. The number of hydrogen-bond acceptors (Lipinski definition) is 6. The van der Waals surface area contributed by atoms with Crippen molar-refractivity contribution in [1.82, 2.24) is 19.4 Å². The highest BCUT2D eigenvalue weighted by Gasteiger charge is 2.49. The van der Waals surface area contributed by atoms with Gasteiger partial charge in [0.15, 0.2) is 5.75 Å². The smallest absolute Gasteiger partial charge is 0.219 e. The number of aryl methyl sites for hydroxylation is 2. The first-order chi connectivity index (χ1) is 16.4. The van der Waals surface area contributed by atoms with Crippen molar-refractivity contribution in [1.29, 1.82) is 5.26 Å². The summed E-state index contributed by atoms with van der Waals surface area (Å²) in [5.74, 6) is 0.888. The number of aliphatic hydroxyl groups is 1. The maximum absolute atomic E-state index is 12.2. The summed E-state index contributed by atoms with van der Waals surface area (Å²) in [7, 11) is 1.84. The Kier molecular flexibility index (Phi) is 5.53. The molecule has 1 N–H and O–H groups in total. The highest BCUT2D eigenvalue weighted by atomic mass is 16.5. The van der Waals surface area contributed by atoms with Gasteiger partial charge in [-0.3, -0.25) is 4.79 Å². The lowest BCUT2D eigenvalue weighted by atomic mass is 9.74. The summed E-state index contributed by atoms with van der Waals surface area (Å²) in [4.78, 5) is 22.6. The van der Waals surface area contributed by atoms with Crippen LogP contribution in [0.15, 0.2) is 30.7 Å². The lowest BCUT2D eigenvalue weighted by Crippen LogP contribution is -2.58. The molecule has 8 nitrogen and oxygen atoms in total. The lowest BCUT2D eigenvalue weighted by Gasteiger charge is -2.48. The molecule has 1 amide bonds. The van der Waals surface area contributed by atoms with E-state index in [1.165, 1.54) is 6.92 Å². The zero-order chi connectivity index (χ0) is 24.0. The molecule has 1 aromatic carbocycles. The molecule has 1 aliphatic heterocycles. The number of carbonyl (C=O) groups is 1. The Bertz CT molecular complexity index is 1300. The first kappa shape index (κ1) is 22.4. The summed E-state index contributed by atoms with van der Waals surface area (Å²) >= 11 is 0. The highest BCUT2D eigenvalue weighted by molar-refractivity contribution is 5.88. The first-order valence-electron chi connectivity index (χ1n) is 11.8. The van der Waals surface area contributed by atoms with Crippen LogP contribution in [-0.2, 0) is 23.9 Å². The Labute approximate surface area is 198 Å². The number of amides is 1. The molecule has 2 aromatic heterocycles. The van der Waals surface area contributed by atoms with Gasteiger partial charge in [-0.15, -0.1) is 0 Å². The van der Waals surface area contributed by atoms with Crippen LogP contribution >= 0.6 is 0 Å². The van der Waals surface area contributed by atoms with Crippen molar-refractivity contribution in [3.63, 3.8) is 0 Å². The Morgan fingerprint density at radius 1 is 1.35 bits per heavy atom. The third-order valence-corrected chi connectivity index (χ3v) is 7.18. The van der Waals surface area contributed by atoms with Crippen LogP contribution in [0.3, 0.4) is 0 Å². The van der Waals surface area contributed by atoms with E-state index >= 15 is 0 Å². The van der Waals surface area contributed by atoms with Crippen LogP contribution in [0.4, 0.5) is 0 Å². The number of likely N-dealkylation sites (tertiary alicyclic amines) is 1. The number of imidazole rings is 1. The van der Waals surface area contributed by atoms with E-state index in [-0.39, 0.29) is 11.8 Å². The predicted octanol–water partition coefficient (Wildman–Crippen LogP) is 2.91.